The predicted molar refractivity (Wildman–Crippen MR) is 177 cm³/mol. The van der Waals surface area contributed by atoms with Gasteiger partial charge in [0.15, 0.2) is 34.5 Å². The zero-order chi connectivity index (χ0) is 31.9. The standard InChI is InChI=1S/C36H45O6Si.3ClH.Ti/c1-21-14-27(37-8)30(40-11)17-33(21)43(36(7)20-24(4)25(5)26(36)6,34-18-31(41-12)28(38-9)15-22(34)2)35-19-32(42-13)29(39-10)16-23(35)3;;;;/h14-19H,1-13H3;3*1H;/q-1;;;;+4/p-3. The number of ether oxygens (including phenoxy) is 6. The molecule has 1 unspecified atom stereocenters. The van der Waals surface area contributed by atoms with Gasteiger partial charge in [-0.15, -0.1) is 6.92 Å². The van der Waals surface area contributed by atoms with Crippen molar-refractivity contribution in [2.75, 3.05) is 42.7 Å². The van der Waals surface area contributed by atoms with E-state index in [0.717, 1.165) is 22.3 Å². The van der Waals surface area contributed by atoms with Crippen LogP contribution in [0.4, 0.5) is 0 Å². The molecule has 3 aromatic rings. The second-order valence-electron chi connectivity index (χ2n) is 11.4. The fourth-order valence-electron chi connectivity index (χ4n) is 6.99. The minimum Gasteiger partial charge on any atom is -1.00 e. The van der Waals surface area contributed by atoms with E-state index in [1.54, 1.807) is 42.7 Å². The van der Waals surface area contributed by atoms with Gasteiger partial charge in [0.2, 0.25) is 0 Å². The van der Waals surface area contributed by atoms with Crippen LogP contribution in [0, 0.1) is 26.8 Å². The van der Waals surface area contributed by atoms with Gasteiger partial charge in [-0.25, -0.2) is 5.57 Å². The average Bonchev–Trinajstić information content (AvgIpc) is 3.20. The maximum atomic E-state index is 5.96. The predicted octanol–water partition coefficient (Wildman–Crippen LogP) is -3.00. The minimum absolute atomic E-state index is 0. The van der Waals surface area contributed by atoms with E-state index in [9.17, 15) is 0 Å². The molecule has 254 valence electrons. The monoisotopic (exact) mass is 754 g/mol. The summed E-state index contributed by atoms with van der Waals surface area (Å²) in [6.45, 7) is 15.4. The quantitative estimate of drug-likeness (QED) is 0.125. The molecule has 0 bridgehead atoms. The summed E-state index contributed by atoms with van der Waals surface area (Å²) in [7, 11) is 6.84. The van der Waals surface area contributed by atoms with Crippen LogP contribution in [0.25, 0.3) is 0 Å². The van der Waals surface area contributed by atoms with E-state index in [-0.39, 0.29) is 58.9 Å². The van der Waals surface area contributed by atoms with Gasteiger partial charge in [-0.05, 0) is 89.4 Å². The first-order valence-corrected chi connectivity index (χ1v) is 16.4. The molecule has 4 rings (SSSR count). The summed E-state index contributed by atoms with van der Waals surface area (Å²) in [5.74, 6) is 4.10. The molecule has 0 saturated heterocycles. The van der Waals surface area contributed by atoms with Crippen molar-refractivity contribution in [2.24, 2.45) is 0 Å². The van der Waals surface area contributed by atoms with Gasteiger partial charge in [0, 0.05) is 0 Å². The van der Waals surface area contributed by atoms with Crippen molar-refractivity contribution in [3.05, 3.63) is 75.9 Å². The first-order chi connectivity index (χ1) is 20.4. The number of hydrogen-bond acceptors (Lipinski definition) is 6. The molecule has 3 aromatic carbocycles. The number of rotatable bonds is 10. The smallest absolute Gasteiger partial charge is 1.00 e. The summed E-state index contributed by atoms with van der Waals surface area (Å²) >= 11 is 0. The first kappa shape index (κ1) is 44.7. The van der Waals surface area contributed by atoms with Crippen LogP contribution in [0.3, 0.4) is 0 Å². The number of allylic oxidation sites excluding steroid dienone is 4. The molecular formula is C36H45Cl3O6SiTi. The summed E-state index contributed by atoms with van der Waals surface area (Å²) in [6, 6.07) is 12.8. The van der Waals surface area contributed by atoms with Crippen LogP contribution in [0.5, 0.6) is 34.5 Å². The Hall–Kier alpha value is -2.26. The van der Waals surface area contributed by atoms with Crippen molar-refractivity contribution in [2.45, 2.75) is 53.5 Å². The van der Waals surface area contributed by atoms with E-state index in [0.29, 0.717) is 34.5 Å². The van der Waals surface area contributed by atoms with E-state index in [2.05, 4.69) is 90.9 Å². The summed E-state index contributed by atoms with van der Waals surface area (Å²) in [5, 5.41) is 3.05. The van der Waals surface area contributed by atoms with Crippen molar-refractivity contribution in [1.82, 2.24) is 0 Å². The second kappa shape index (κ2) is 17.4. The third-order valence-corrected chi connectivity index (χ3v) is 15.5. The van der Waals surface area contributed by atoms with Crippen LogP contribution < -0.4 is 81.2 Å². The van der Waals surface area contributed by atoms with Crippen molar-refractivity contribution >= 4 is 23.6 Å². The molecule has 47 heavy (non-hydrogen) atoms. The van der Waals surface area contributed by atoms with E-state index in [1.807, 2.05) is 0 Å². The third-order valence-electron chi connectivity index (χ3n) is 9.47. The molecule has 0 radical (unpaired) electrons. The van der Waals surface area contributed by atoms with Gasteiger partial charge in [-0.1, -0.05) is 25.8 Å². The molecule has 0 aromatic heterocycles. The molecule has 0 saturated carbocycles. The van der Waals surface area contributed by atoms with E-state index >= 15 is 0 Å². The van der Waals surface area contributed by atoms with Gasteiger partial charge < -0.3 is 65.6 Å². The number of halogens is 3. The van der Waals surface area contributed by atoms with Crippen LogP contribution in [0.1, 0.15) is 44.4 Å². The van der Waals surface area contributed by atoms with Crippen molar-refractivity contribution in [1.29, 1.82) is 0 Å². The minimum atomic E-state index is -3.24. The molecule has 0 heterocycles. The third kappa shape index (κ3) is 7.08. The van der Waals surface area contributed by atoms with Crippen LogP contribution in [-0.2, 0) is 21.7 Å². The molecule has 1 atom stereocenters. The van der Waals surface area contributed by atoms with E-state index in [1.165, 1.54) is 26.7 Å². The summed E-state index contributed by atoms with van der Waals surface area (Å²) < 4.78 is 35.2. The number of benzene rings is 3. The number of hydrogen-bond donors (Lipinski definition) is 0. The van der Waals surface area contributed by atoms with Crippen molar-refractivity contribution in [3.63, 3.8) is 0 Å². The summed E-state index contributed by atoms with van der Waals surface area (Å²) in [6.07, 6.45) is 4.03. The Labute approximate surface area is 315 Å². The Balaban J connectivity index is 0.00000529. The van der Waals surface area contributed by atoms with Gasteiger partial charge in [0.25, 0.3) is 0 Å². The van der Waals surface area contributed by atoms with Gasteiger partial charge in [0.05, 0.1) is 42.7 Å². The van der Waals surface area contributed by atoms with Crippen LogP contribution in [-0.4, -0.2) is 50.7 Å². The SMILES string of the molecule is COc1cc(C)c([Si](c2cc(OC)c(OC)cc2C)(c2cc(OC)c(OC)cc2C)C2(C)[C-]=C(C)C(C)=C2C)cc1OC.[Cl-].[Cl-].[Cl-].[Ti+4]. The number of methoxy groups -OCH3 is 6. The fourth-order valence-corrected chi connectivity index (χ4v) is 13.6. The zero-order valence-electron chi connectivity index (χ0n) is 29.5. The van der Waals surface area contributed by atoms with Crippen LogP contribution >= 0.6 is 0 Å². The van der Waals surface area contributed by atoms with Gasteiger partial charge in [-0.3, -0.25) is 6.08 Å². The van der Waals surface area contributed by atoms with Crippen LogP contribution in [0.15, 0.2) is 53.1 Å². The first-order valence-electron chi connectivity index (χ1n) is 14.4. The molecule has 0 spiro atoms. The van der Waals surface area contributed by atoms with Gasteiger partial charge in [0.1, 0.15) is 8.07 Å². The molecule has 0 fully saturated rings. The summed E-state index contributed by atoms with van der Waals surface area (Å²) in [5.41, 5.74) is 7.01. The second-order valence-corrected chi connectivity index (χ2v) is 15.6. The topological polar surface area (TPSA) is 55.4 Å². The Bertz CT molecular complexity index is 1490. The largest absolute Gasteiger partial charge is 4.00 e. The zero-order valence-corrected chi connectivity index (χ0v) is 34.4. The Kier molecular flexibility index (Phi) is 16.6. The molecule has 6 nitrogen and oxygen atoms in total. The van der Waals surface area contributed by atoms with Crippen molar-refractivity contribution < 1.29 is 87.4 Å². The Morgan fingerprint density at radius 2 is 0.745 bits per heavy atom. The Morgan fingerprint density at radius 1 is 0.489 bits per heavy atom. The molecule has 0 N–H and O–H groups in total. The average molecular weight is 756 g/mol. The normalized spacial score (nSPS) is 15.2. The van der Waals surface area contributed by atoms with E-state index < -0.39 is 13.1 Å². The maximum Gasteiger partial charge on any atom is 4.00 e. The number of aryl methyl sites for hydroxylation is 3. The summed E-state index contributed by atoms with van der Waals surface area (Å²) in [4.78, 5) is 0. The molecule has 1 aliphatic rings. The molecule has 0 aliphatic heterocycles. The van der Waals surface area contributed by atoms with E-state index in [4.69, 9.17) is 28.4 Å². The molecule has 0 amide bonds. The Morgan fingerprint density at radius 3 is 0.957 bits per heavy atom. The fraction of sp³-hybridized carbons (Fsp3) is 0.389. The molecular weight excluding hydrogens is 711 g/mol. The van der Waals surface area contributed by atoms with Crippen molar-refractivity contribution in [3.8, 4) is 34.5 Å². The van der Waals surface area contributed by atoms with Gasteiger partial charge >= 0.3 is 21.7 Å². The molecule has 1 aliphatic carbocycles. The van der Waals surface area contributed by atoms with Gasteiger partial charge in [-0.2, -0.15) is 11.1 Å². The van der Waals surface area contributed by atoms with Crippen LogP contribution in [0.2, 0.25) is 5.04 Å². The maximum absolute atomic E-state index is 5.96. The molecule has 11 heteroatoms.